The van der Waals surface area contributed by atoms with E-state index in [-0.39, 0.29) is 27.8 Å². The summed E-state index contributed by atoms with van der Waals surface area (Å²) in [5, 5.41) is 11.1. The van der Waals surface area contributed by atoms with E-state index in [1.165, 1.54) is 24.3 Å². The van der Waals surface area contributed by atoms with Gasteiger partial charge in [0.2, 0.25) is 5.75 Å². The molecule has 0 N–H and O–H groups in total. The Balaban J connectivity index is 2.41. The van der Waals surface area contributed by atoms with E-state index in [0.717, 1.165) is 12.1 Å². The maximum atomic E-state index is 13.7. The van der Waals surface area contributed by atoms with Gasteiger partial charge in [-0.1, -0.05) is 11.6 Å². The van der Waals surface area contributed by atoms with E-state index < -0.39 is 10.7 Å². The Labute approximate surface area is 117 Å². The third-order valence-electron chi connectivity index (χ3n) is 2.43. The number of benzene rings is 2. The molecule has 0 amide bonds. The van der Waals surface area contributed by atoms with Crippen LogP contribution >= 0.6 is 11.6 Å². The number of nitro benzene ring substituents is 1. The highest BCUT2D eigenvalue weighted by Crippen LogP contribution is 2.34. The van der Waals surface area contributed by atoms with Crippen LogP contribution in [0.3, 0.4) is 0 Å². The fourth-order valence-electron chi connectivity index (χ4n) is 1.51. The van der Waals surface area contributed by atoms with Gasteiger partial charge in [-0.15, -0.1) is 0 Å². The van der Waals surface area contributed by atoms with Crippen molar-refractivity contribution in [2.24, 2.45) is 0 Å². The van der Waals surface area contributed by atoms with Crippen LogP contribution in [0.25, 0.3) is 0 Å². The Morgan fingerprint density at radius 2 is 1.95 bits per heavy atom. The van der Waals surface area contributed by atoms with E-state index in [0.29, 0.717) is 6.29 Å². The maximum Gasteiger partial charge on any atom is 0.311 e. The number of ether oxygens (including phenoxy) is 1. The summed E-state index contributed by atoms with van der Waals surface area (Å²) in [6, 6.07) is 7.23. The minimum absolute atomic E-state index is 0.135. The van der Waals surface area contributed by atoms with Crippen LogP contribution < -0.4 is 4.74 Å². The average Bonchev–Trinajstić information content (AvgIpc) is 2.40. The number of nitro groups is 1. The molecule has 2 rings (SSSR count). The molecule has 102 valence electrons. The second-order valence-corrected chi connectivity index (χ2v) is 4.22. The van der Waals surface area contributed by atoms with E-state index in [4.69, 9.17) is 16.3 Å². The topological polar surface area (TPSA) is 69.4 Å². The monoisotopic (exact) mass is 295 g/mol. The van der Waals surface area contributed by atoms with Gasteiger partial charge in [0.05, 0.1) is 4.92 Å². The fourth-order valence-corrected chi connectivity index (χ4v) is 1.67. The van der Waals surface area contributed by atoms with Crippen LogP contribution in [0.1, 0.15) is 10.4 Å². The third-order valence-corrected chi connectivity index (χ3v) is 2.67. The molecule has 0 aliphatic rings. The first-order valence-electron chi connectivity index (χ1n) is 5.38. The Bertz CT molecular complexity index is 690. The molecule has 0 bridgehead atoms. The predicted octanol–water partition coefficient (Wildman–Crippen LogP) is 3.99. The Morgan fingerprint density at radius 1 is 1.20 bits per heavy atom. The van der Waals surface area contributed by atoms with Gasteiger partial charge in [0.1, 0.15) is 6.29 Å². The first kappa shape index (κ1) is 14.0. The fraction of sp³-hybridized carbons (Fsp3) is 0. The van der Waals surface area contributed by atoms with Crippen molar-refractivity contribution in [2.45, 2.75) is 0 Å². The van der Waals surface area contributed by atoms with Crippen molar-refractivity contribution in [3.63, 3.8) is 0 Å². The molecule has 0 saturated carbocycles. The Morgan fingerprint density at radius 3 is 2.55 bits per heavy atom. The highest BCUT2D eigenvalue weighted by Gasteiger charge is 2.17. The number of halogens is 2. The standard InChI is InChI=1S/C13H7ClFNO4/c14-9-2-3-11(16(18)19)13(6-9)20-12-4-1-8(7-17)5-10(12)15/h1-7H. The molecule has 0 spiro atoms. The molecule has 0 atom stereocenters. The van der Waals surface area contributed by atoms with Crippen molar-refractivity contribution in [3.05, 3.63) is 62.9 Å². The molecule has 20 heavy (non-hydrogen) atoms. The maximum absolute atomic E-state index is 13.7. The largest absolute Gasteiger partial charge is 0.447 e. The summed E-state index contributed by atoms with van der Waals surface area (Å²) in [6.07, 6.45) is 0.481. The number of aldehydes is 1. The SMILES string of the molecule is O=Cc1ccc(Oc2cc(Cl)ccc2[N+](=O)[O-])c(F)c1. The number of nitrogens with zero attached hydrogens (tertiary/aromatic N) is 1. The number of carbonyl (C=O) groups is 1. The van der Waals surface area contributed by atoms with Gasteiger partial charge in [-0.25, -0.2) is 4.39 Å². The second kappa shape index (κ2) is 5.66. The summed E-state index contributed by atoms with van der Waals surface area (Å²) in [5.74, 6) is -1.22. The van der Waals surface area contributed by atoms with E-state index >= 15 is 0 Å². The van der Waals surface area contributed by atoms with Crippen molar-refractivity contribution in [1.29, 1.82) is 0 Å². The molecule has 0 unspecified atom stereocenters. The van der Waals surface area contributed by atoms with E-state index in [9.17, 15) is 19.3 Å². The van der Waals surface area contributed by atoms with Gasteiger partial charge in [-0.05, 0) is 24.3 Å². The van der Waals surface area contributed by atoms with Gasteiger partial charge in [0.25, 0.3) is 0 Å². The smallest absolute Gasteiger partial charge is 0.311 e. The van der Waals surface area contributed by atoms with Crippen LogP contribution in [0.2, 0.25) is 5.02 Å². The average molecular weight is 296 g/mol. The number of carbonyl (C=O) groups excluding carboxylic acids is 1. The quantitative estimate of drug-likeness (QED) is 0.486. The minimum atomic E-state index is -0.802. The lowest BCUT2D eigenvalue weighted by Crippen LogP contribution is -1.95. The lowest BCUT2D eigenvalue weighted by molar-refractivity contribution is -0.385. The van der Waals surface area contributed by atoms with Crippen molar-refractivity contribution in [1.82, 2.24) is 0 Å². The number of rotatable bonds is 4. The Hall–Kier alpha value is -2.47. The predicted molar refractivity (Wildman–Crippen MR) is 70.0 cm³/mol. The molecule has 2 aromatic carbocycles. The van der Waals surface area contributed by atoms with Crippen LogP contribution in [0, 0.1) is 15.9 Å². The van der Waals surface area contributed by atoms with Gasteiger partial charge in [0, 0.05) is 22.7 Å². The lowest BCUT2D eigenvalue weighted by atomic mass is 10.2. The molecule has 0 aliphatic carbocycles. The van der Waals surface area contributed by atoms with E-state index in [1.54, 1.807) is 0 Å². The molecular weight excluding hydrogens is 289 g/mol. The van der Waals surface area contributed by atoms with Crippen molar-refractivity contribution >= 4 is 23.6 Å². The van der Waals surface area contributed by atoms with Crippen molar-refractivity contribution in [3.8, 4) is 11.5 Å². The molecule has 7 heteroatoms. The van der Waals surface area contributed by atoms with Crippen LogP contribution in [-0.4, -0.2) is 11.2 Å². The molecular formula is C13H7ClFNO4. The van der Waals surface area contributed by atoms with Crippen LogP contribution in [0.15, 0.2) is 36.4 Å². The van der Waals surface area contributed by atoms with Gasteiger partial charge in [-0.2, -0.15) is 0 Å². The van der Waals surface area contributed by atoms with Crippen molar-refractivity contribution < 1.29 is 18.8 Å². The lowest BCUT2D eigenvalue weighted by Gasteiger charge is -2.07. The van der Waals surface area contributed by atoms with Crippen LogP contribution in [0.4, 0.5) is 10.1 Å². The normalized spacial score (nSPS) is 10.1. The minimum Gasteiger partial charge on any atom is -0.447 e. The van der Waals surface area contributed by atoms with Crippen LogP contribution in [-0.2, 0) is 0 Å². The zero-order chi connectivity index (χ0) is 14.7. The van der Waals surface area contributed by atoms with Gasteiger partial charge in [0.15, 0.2) is 11.6 Å². The summed E-state index contributed by atoms with van der Waals surface area (Å²) in [6.45, 7) is 0. The summed E-state index contributed by atoms with van der Waals surface area (Å²) in [7, 11) is 0. The van der Waals surface area contributed by atoms with E-state index in [1.807, 2.05) is 0 Å². The first-order valence-corrected chi connectivity index (χ1v) is 5.75. The summed E-state index contributed by atoms with van der Waals surface area (Å²) >= 11 is 5.73. The first-order chi connectivity index (χ1) is 9.51. The highest BCUT2D eigenvalue weighted by molar-refractivity contribution is 6.30. The molecule has 2 aromatic rings. The van der Waals surface area contributed by atoms with E-state index in [2.05, 4.69) is 0 Å². The molecule has 0 aromatic heterocycles. The Kier molecular flexibility index (Phi) is 3.95. The van der Waals surface area contributed by atoms with Gasteiger partial charge < -0.3 is 4.74 Å². The molecule has 0 radical (unpaired) electrons. The number of hydrogen-bond acceptors (Lipinski definition) is 4. The van der Waals surface area contributed by atoms with Gasteiger partial charge in [-0.3, -0.25) is 14.9 Å². The zero-order valence-electron chi connectivity index (χ0n) is 9.88. The summed E-state index contributed by atoms with van der Waals surface area (Å²) in [4.78, 5) is 20.7. The molecule has 0 heterocycles. The third kappa shape index (κ3) is 2.92. The molecule has 0 aliphatic heterocycles. The molecule has 5 nitrogen and oxygen atoms in total. The summed E-state index contributed by atoms with van der Waals surface area (Å²) in [5.41, 5.74) is -0.205. The molecule has 0 fully saturated rings. The zero-order valence-corrected chi connectivity index (χ0v) is 10.6. The summed E-state index contributed by atoms with van der Waals surface area (Å²) < 4.78 is 18.8. The van der Waals surface area contributed by atoms with Crippen LogP contribution in [0.5, 0.6) is 11.5 Å². The number of hydrogen-bond donors (Lipinski definition) is 0. The highest BCUT2D eigenvalue weighted by atomic mass is 35.5. The second-order valence-electron chi connectivity index (χ2n) is 3.78. The van der Waals surface area contributed by atoms with Gasteiger partial charge >= 0.3 is 5.69 Å². The molecule has 0 saturated heterocycles. The van der Waals surface area contributed by atoms with Crippen molar-refractivity contribution in [2.75, 3.05) is 0 Å².